The standard InChI is InChI=1S/C33H32N2O3/c36-23-27-14-17-34-31(20-27)29-12-7-13-30(21-29)32(28-10-5-2-6-11-28)33(37)38-24-26-15-18-35(19-16-26)22-25-8-3-1-4-9-25/h1-14,17,20-21,23,26,32H,15-16,18-19,22,24H2. The molecule has 1 aliphatic rings. The summed E-state index contributed by atoms with van der Waals surface area (Å²) >= 11 is 0. The number of ether oxygens (including phenoxy) is 1. The first-order chi connectivity index (χ1) is 18.7. The van der Waals surface area contributed by atoms with Crippen molar-refractivity contribution in [2.75, 3.05) is 19.7 Å². The Kier molecular flexibility index (Phi) is 8.36. The van der Waals surface area contributed by atoms with Gasteiger partial charge in [-0.25, -0.2) is 0 Å². The molecule has 0 bridgehead atoms. The highest BCUT2D eigenvalue weighted by Crippen LogP contribution is 2.30. The third kappa shape index (κ3) is 6.42. The maximum Gasteiger partial charge on any atom is 0.317 e. The summed E-state index contributed by atoms with van der Waals surface area (Å²) in [5.41, 5.74) is 5.17. The molecule has 0 radical (unpaired) electrons. The molecule has 0 amide bonds. The summed E-state index contributed by atoms with van der Waals surface area (Å²) in [5, 5.41) is 0. The number of nitrogens with zero attached hydrogens (tertiary/aromatic N) is 2. The molecule has 1 aromatic heterocycles. The van der Waals surface area contributed by atoms with Crippen molar-refractivity contribution in [3.63, 3.8) is 0 Å². The van der Waals surface area contributed by atoms with Crippen LogP contribution in [0, 0.1) is 5.92 Å². The molecule has 3 aromatic carbocycles. The second-order valence-corrected chi connectivity index (χ2v) is 9.90. The van der Waals surface area contributed by atoms with Crippen molar-refractivity contribution in [2.24, 2.45) is 5.92 Å². The molecule has 0 saturated carbocycles. The Hall–Kier alpha value is -4.09. The van der Waals surface area contributed by atoms with E-state index in [-0.39, 0.29) is 5.97 Å². The fourth-order valence-electron chi connectivity index (χ4n) is 5.10. The van der Waals surface area contributed by atoms with Gasteiger partial charge in [-0.15, -0.1) is 0 Å². The molecule has 1 aliphatic heterocycles. The van der Waals surface area contributed by atoms with Crippen LogP contribution in [0.3, 0.4) is 0 Å². The van der Waals surface area contributed by atoms with E-state index in [1.807, 2.05) is 60.7 Å². The van der Waals surface area contributed by atoms with Crippen LogP contribution in [0.2, 0.25) is 0 Å². The maximum absolute atomic E-state index is 13.5. The number of pyridine rings is 1. The number of rotatable bonds is 9. The van der Waals surface area contributed by atoms with Crippen LogP contribution < -0.4 is 0 Å². The van der Waals surface area contributed by atoms with E-state index in [1.54, 1.807) is 18.3 Å². The summed E-state index contributed by atoms with van der Waals surface area (Å²) in [6, 6.07) is 31.5. The fourth-order valence-corrected chi connectivity index (χ4v) is 5.10. The number of aldehydes is 1. The van der Waals surface area contributed by atoms with Crippen LogP contribution in [0.25, 0.3) is 11.3 Å². The average Bonchev–Trinajstić information content (AvgIpc) is 2.98. The SMILES string of the molecule is O=Cc1ccnc(-c2cccc(C(C(=O)OCC3CCN(Cc4ccccc4)CC3)c3ccccc3)c2)c1. The lowest BCUT2D eigenvalue weighted by Crippen LogP contribution is -2.35. The first kappa shape index (κ1) is 25.6. The highest BCUT2D eigenvalue weighted by atomic mass is 16.5. The normalized spacial score (nSPS) is 15.1. The van der Waals surface area contributed by atoms with Gasteiger partial charge in [-0.2, -0.15) is 0 Å². The number of piperidine rings is 1. The van der Waals surface area contributed by atoms with Crippen LogP contribution in [-0.2, 0) is 16.1 Å². The first-order valence-electron chi connectivity index (χ1n) is 13.2. The molecule has 38 heavy (non-hydrogen) atoms. The van der Waals surface area contributed by atoms with E-state index in [9.17, 15) is 9.59 Å². The molecule has 1 unspecified atom stereocenters. The van der Waals surface area contributed by atoms with E-state index >= 15 is 0 Å². The molecule has 1 fully saturated rings. The summed E-state index contributed by atoms with van der Waals surface area (Å²) in [7, 11) is 0. The van der Waals surface area contributed by atoms with Gasteiger partial charge >= 0.3 is 5.97 Å². The Bertz CT molecular complexity index is 1350. The van der Waals surface area contributed by atoms with Crippen molar-refractivity contribution >= 4 is 12.3 Å². The lowest BCUT2D eigenvalue weighted by Gasteiger charge is -2.32. The van der Waals surface area contributed by atoms with Crippen molar-refractivity contribution in [1.29, 1.82) is 0 Å². The molecule has 0 N–H and O–H groups in total. The zero-order valence-corrected chi connectivity index (χ0v) is 21.4. The number of benzene rings is 3. The minimum Gasteiger partial charge on any atom is -0.465 e. The van der Waals surface area contributed by atoms with Gasteiger partial charge in [0.1, 0.15) is 12.2 Å². The van der Waals surface area contributed by atoms with Crippen LogP contribution in [0.5, 0.6) is 0 Å². The van der Waals surface area contributed by atoms with Gasteiger partial charge in [-0.3, -0.25) is 19.5 Å². The third-order valence-corrected chi connectivity index (χ3v) is 7.22. The summed E-state index contributed by atoms with van der Waals surface area (Å²) in [6.07, 6.45) is 4.47. The number of carbonyl (C=O) groups is 2. The molecule has 4 aromatic rings. The third-order valence-electron chi connectivity index (χ3n) is 7.22. The number of carbonyl (C=O) groups excluding carboxylic acids is 2. The highest BCUT2D eigenvalue weighted by molar-refractivity contribution is 5.83. The Morgan fingerprint density at radius 2 is 1.61 bits per heavy atom. The molecule has 0 spiro atoms. The minimum absolute atomic E-state index is 0.241. The van der Waals surface area contributed by atoms with Crippen molar-refractivity contribution in [2.45, 2.75) is 25.3 Å². The molecular formula is C33H32N2O3. The second-order valence-electron chi connectivity index (χ2n) is 9.90. The van der Waals surface area contributed by atoms with E-state index in [2.05, 4.69) is 34.1 Å². The summed E-state index contributed by atoms with van der Waals surface area (Å²) in [6.45, 7) is 3.41. The van der Waals surface area contributed by atoms with E-state index in [1.165, 1.54) is 5.56 Å². The van der Waals surface area contributed by atoms with E-state index < -0.39 is 5.92 Å². The molecule has 2 heterocycles. The van der Waals surface area contributed by atoms with Crippen LogP contribution in [0.15, 0.2) is 103 Å². The van der Waals surface area contributed by atoms with Crippen molar-refractivity contribution in [3.8, 4) is 11.3 Å². The Morgan fingerprint density at radius 1 is 0.895 bits per heavy atom. The smallest absolute Gasteiger partial charge is 0.317 e. The lowest BCUT2D eigenvalue weighted by atomic mass is 9.89. The number of hydrogen-bond donors (Lipinski definition) is 0. The number of esters is 1. The molecule has 1 saturated heterocycles. The van der Waals surface area contributed by atoms with Crippen LogP contribution in [0.1, 0.15) is 45.8 Å². The minimum atomic E-state index is -0.538. The average molecular weight is 505 g/mol. The first-order valence-corrected chi connectivity index (χ1v) is 13.2. The van der Waals surface area contributed by atoms with Gasteiger partial charge < -0.3 is 4.74 Å². The van der Waals surface area contributed by atoms with Crippen molar-refractivity contribution in [3.05, 3.63) is 126 Å². The van der Waals surface area contributed by atoms with Gasteiger partial charge in [0, 0.05) is 23.9 Å². The van der Waals surface area contributed by atoms with Gasteiger partial charge in [0.05, 0.1) is 12.3 Å². The number of likely N-dealkylation sites (tertiary alicyclic amines) is 1. The van der Waals surface area contributed by atoms with Gasteiger partial charge in [0.15, 0.2) is 0 Å². The summed E-state index contributed by atoms with van der Waals surface area (Å²) in [4.78, 5) is 31.7. The monoisotopic (exact) mass is 504 g/mol. The molecule has 1 atom stereocenters. The van der Waals surface area contributed by atoms with Gasteiger partial charge in [0.25, 0.3) is 0 Å². The number of hydrogen-bond acceptors (Lipinski definition) is 5. The maximum atomic E-state index is 13.5. The number of aromatic nitrogens is 1. The van der Waals surface area contributed by atoms with Crippen LogP contribution in [-0.4, -0.2) is 41.8 Å². The van der Waals surface area contributed by atoms with E-state index in [0.717, 1.165) is 55.5 Å². The zero-order valence-electron chi connectivity index (χ0n) is 21.4. The van der Waals surface area contributed by atoms with Crippen molar-refractivity contribution < 1.29 is 14.3 Å². The quantitative estimate of drug-likeness (QED) is 0.202. The highest BCUT2D eigenvalue weighted by Gasteiger charge is 2.27. The molecule has 0 aliphatic carbocycles. The molecule has 5 heteroatoms. The fraction of sp³-hybridized carbons (Fsp3) is 0.242. The summed E-state index contributed by atoms with van der Waals surface area (Å²) < 4.78 is 5.97. The molecule has 5 nitrogen and oxygen atoms in total. The molecular weight excluding hydrogens is 472 g/mol. The lowest BCUT2D eigenvalue weighted by molar-refractivity contribution is -0.146. The van der Waals surface area contributed by atoms with Crippen LogP contribution in [0.4, 0.5) is 0 Å². The predicted octanol–water partition coefficient (Wildman–Crippen LogP) is 6.15. The zero-order chi connectivity index (χ0) is 26.2. The van der Waals surface area contributed by atoms with E-state index in [4.69, 9.17) is 4.74 Å². The Labute approximate surface area is 224 Å². The topological polar surface area (TPSA) is 59.5 Å². The van der Waals surface area contributed by atoms with E-state index in [0.29, 0.717) is 23.8 Å². The van der Waals surface area contributed by atoms with Gasteiger partial charge in [0.2, 0.25) is 0 Å². The second kappa shape index (κ2) is 12.4. The molecule has 192 valence electrons. The largest absolute Gasteiger partial charge is 0.465 e. The van der Waals surface area contributed by atoms with Crippen LogP contribution >= 0.6 is 0 Å². The van der Waals surface area contributed by atoms with Crippen molar-refractivity contribution in [1.82, 2.24) is 9.88 Å². The van der Waals surface area contributed by atoms with Gasteiger partial charge in [-0.05, 0) is 66.7 Å². The molecule has 5 rings (SSSR count). The Morgan fingerprint density at radius 3 is 2.34 bits per heavy atom. The summed E-state index contributed by atoms with van der Waals surface area (Å²) in [5.74, 6) is -0.415. The Balaban J connectivity index is 1.27. The van der Waals surface area contributed by atoms with Gasteiger partial charge in [-0.1, -0.05) is 78.9 Å². The predicted molar refractivity (Wildman–Crippen MR) is 149 cm³/mol.